The van der Waals surface area contributed by atoms with Crippen molar-refractivity contribution in [1.29, 1.82) is 0 Å². The van der Waals surface area contributed by atoms with Crippen LogP contribution in [-0.4, -0.2) is 11.7 Å². The summed E-state index contributed by atoms with van der Waals surface area (Å²) in [4.78, 5) is 0. The predicted molar refractivity (Wildman–Crippen MR) is 56.5 cm³/mol. The van der Waals surface area contributed by atoms with Crippen molar-refractivity contribution in [3.63, 3.8) is 0 Å². The van der Waals surface area contributed by atoms with Crippen LogP contribution in [0.5, 0.6) is 5.75 Å². The average Bonchev–Trinajstić information content (AvgIpc) is 2.27. The Balaban J connectivity index is 2.50. The molecule has 0 aliphatic carbocycles. The fourth-order valence-corrected chi connectivity index (χ4v) is 1.63. The normalized spacial score (nSPS) is 11.0. The predicted octanol–water partition coefficient (Wildman–Crippen LogP) is 2.93. The number of aliphatic hydroxyl groups is 1. The van der Waals surface area contributed by atoms with Crippen LogP contribution in [0, 0.1) is 0 Å². The Kier molecular flexibility index (Phi) is 3.01. The van der Waals surface area contributed by atoms with E-state index in [2.05, 4.69) is 4.74 Å². The van der Waals surface area contributed by atoms with Crippen LogP contribution < -0.4 is 4.74 Å². The topological polar surface area (TPSA) is 29.5 Å². The lowest BCUT2D eigenvalue weighted by Crippen LogP contribution is -2.01. The van der Waals surface area contributed by atoms with Gasteiger partial charge in [-0.1, -0.05) is 24.3 Å². The van der Waals surface area contributed by atoms with Gasteiger partial charge in [0, 0.05) is 0 Å². The molecule has 0 unspecified atom stereocenters. The Bertz CT molecular complexity index is 497. The summed E-state index contributed by atoms with van der Waals surface area (Å²) in [7, 11) is 0. The van der Waals surface area contributed by atoms with Crippen molar-refractivity contribution in [1.82, 2.24) is 0 Å². The first-order valence-corrected chi connectivity index (χ1v) is 4.78. The Hall–Kier alpha value is -1.68. The molecular formula is C12H10F2O2. The van der Waals surface area contributed by atoms with Crippen molar-refractivity contribution in [3.8, 4) is 5.75 Å². The van der Waals surface area contributed by atoms with Crippen molar-refractivity contribution >= 4 is 10.8 Å². The molecule has 0 aliphatic rings. The number of benzene rings is 2. The van der Waals surface area contributed by atoms with E-state index in [1.54, 1.807) is 12.1 Å². The third-order valence-corrected chi connectivity index (χ3v) is 2.34. The summed E-state index contributed by atoms with van der Waals surface area (Å²) in [6.45, 7) is -2.96. The van der Waals surface area contributed by atoms with Gasteiger partial charge in [0.25, 0.3) is 0 Å². The Morgan fingerprint density at radius 1 is 1.19 bits per heavy atom. The molecule has 0 aromatic heterocycles. The minimum absolute atomic E-state index is 0.100. The number of hydrogen-bond acceptors (Lipinski definition) is 2. The summed E-state index contributed by atoms with van der Waals surface area (Å²) >= 11 is 0. The lowest BCUT2D eigenvalue weighted by molar-refractivity contribution is -0.0497. The van der Waals surface area contributed by atoms with Gasteiger partial charge in [-0.3, -0.25) is 0 Å². The Morgan fingerprint density at radius 2 is 2.00 bits per heavy atom. The van der Waals surface area contributed by atoms with Gasteiger partial charge in [0.15, 0.2) is 0 Å². The van der Waals surface area contributed by atoms with Gasteiger partial charge in [0.05, 0.1) is 6.61 Å². The van der Waals surface area contributed by atoms with Crippen LogP contribution in [0.25, 0.3) is 10.8 Å². The van der Waals surface area contributed by atoms with E-state index in [1.807, 2.05) is 12.1 Å². The average molecular weight is 224 g/mol. The zero-order valence-electron chi connectivity index (χ0n) is 8.36. The lowest BCUT2D eigenvalue weighted by atomic mass is 10.0. The second kappa shape index (κ2) is 4.45. The van der Waals surface area contributed by atoms with Crippen molar-refractivity contribution < 1.29 is 18.6 Å². The van der Waals surface area contributed by atoms with Gasteiger partial charge in [-0.15, -0.1) is 0 Å². The van der Waals surface area contributed by atoms with Gasteiger partial charge in [0.1, 0.15) is 5.75 Å². The van der Waals surface area contributed by atoms with Gasteiger partial charge in [-0.25, -0.2) is 0 Å². The van der Waals surface area contributed by atoms with Crippen LogP contribution in [-0.2, 0) is 6.61 Å². The smallest absolute Gasteiger partial charge is 0.387 e. The second-order valence-electron chi connectivity index (χ2n) is 3.34. The Morgan fingerprint density at radius 3 is 2.69 bits per heavy atom. The number of halogens is 2. The molecule has 16 heavy (non-hydrogen) atoms. The molecule has 2 aromatic carbocycles. The van der Waals surface area contributed by atoms with Crippen LogP contribution in [0.1, 0.15) is 5.56 Å². The van der Waals surface area contributed by atoms with Crippen molar-refractivity contribution in [2.24, 2.45) is 0 Å². The molecule has 0 aliphatic heterocycles. The molecule has 2 aromatic rings. The van der Waals surface area contributed by atoms with Gasteiger partial charge in [0.2, 0.25) is 0 Å². The SMILES string of the molecule is OCc1cccc2ccc(OC(F)F)cc12. The molecule has 0 atom stereocenters. The third kappa shape index (κ3) is 2.12. The quantitative estimate of drug-likeness (QED) is 0.868. The monoisotopic (exact) mass is 224 g/mol. The first kappa shape index (κ1) is 10.8. The highest BCUT2D eigenvalue weighted by Gasteiger charge is 2.06. The highest BCUT2D eigenvalue weighted by molar-refractivity contribution is 5.86. The van der Waals surface area contributed by atoms with E-state index in [0.29, 0.717) is 5.56 Å². The number of rotatable bonds is 3. The van der Waals surface area contributed by atoms with Crippen molar-refractivity contribution in [2.45, 2.75) is 13.2 Å². The molecule has 1 N–H and O–H groups in total. The summed E-state index contributed by atoms with van der Waals surface area (Å²) in [5.41, 5.74) is 0.692. The van der Waals surface area contributed by atoms with Crippen LogP contribution in [0.3, 0.4) is 0 Å². The van der Waals surface area contributed by atoms with Crippen molar-refractivity contribution in [2.75, 3.05) is 0 Å². The maximum atomic E-state index is 12.0. The summed E-state index contributed by atoms with van der Waals surface area (Å²) < 4.78 is 28.4. The third-order valence-electron chi connectivity index (χ3n) is 2.34. The van der Waals surface area contributed by atoms with Crippen molar-refractivity contribution in [3.05, 3.63) is 42.0 Å². The maximum Gasteiger partial charge on any atom is 0.387 e. The summed E-state index contributed by atoms with van der Waals surface area (Å²) in [5, 5.41) is 10.7. The van der Waals surface area contributed by atoms with Gasteiger partial charge < -0.3 is 9.84 Å². The molecule has 0 heterocycles. The molecule has 2 rings (SSSR count). The molecule has 2 nitrogen and oxygen atoms in total. The number of fused-ring (bicyclic) bond motifs is 1. The molecule has 0 spiro atoms. The van der Waals surface area contributed by atoms with Crippen LogP contribution >= 0.6 is 0 Å². The van der Waals surface area contributed by atoms with Gasteiger partial charge in [-0.05, 0) is 28.5 Å². The van der Waals surface area contributed by atoms with E-state index in [-0.39, 0.29) is 12.4 Å². The number of ether oxygens (including phenoxy) is 1. The van der Waals surface area contributed by atoms with E-state index in [4.69, 9.17) is 5.11 Å². The minimum Gasteiger partial charge on any atom is -0.435 e. The highest BCUT2D eigenvalue weighted by Crippen LogP contribution is 2.25. The summed E-state index contributed by atoms with van der Waals surface area (Å²) in [6.07, 6.45) is 0. The molecule has 0 saturated heterocycles. The molecule has 0 bridgehead atoms. The first-order valence-electron chi connectivity index (χ1n) is 4.78. The van der Waals surface area contributed by atoms with E-state index in [1.165, 1.54) is 12.1 Å². The number of hydrogen-bond donors (Lipinski definition) is 1. The van der Waals surface area contributed by atoms with Gasteiger partial charge in [-0.2, -0.15) is 8.78 Å². The second-order valence-corrected chi connectivity index (χ2v) is 3.34. The number of aliphatic hydroxyl groups excluding tert-OH is 1. The highest BCUT2D eigenvalue weighted by atomic mass is 19.3. The van der Waals surface area contributed by atoms with E-state index < -0.39 is 6.61 Å². The van der Waals surface area contributed by atoms with Crippen LogP contribution in [0.4, 0.5) is 8.78 Å². The van der Waals surface area contributed by atoms with Crippen LogP contribution in [0.2, 0.25) is 0 Å². The molecule has 0 amide bonds. The molecule has 4 heteroatoms. The van der Waals surface area contributed by atoms with E-state index in [0.717, 1.165) is 10.8 Å². The van der Waals surface area contributed by atoms with Gasteiger partial charge >= 0.3 is 6.61 Å². The molecule has 84 valence electrons. The summed E-state index contributed by atoms with van der Waals surface area (Å²) in [6, 6.07) is 10.1. The molecule has 0 radical (unpaired) electrons. The van der Waals surface area contributed by atoms with E-state index >= 15 is 0 Å². The maximum absolute atomic E-state index is 12.0. The Labute approximate surface area is 91.1 Å². The fourth-order valence-electron chi connectivity index (χ4n) is 1.63. The molecule has 0 fully saturated rings. The van der Waals surface area contributed by atoms with Crippen LogP contribution in [0.15, 0.2) is 36.4 Å². The fraction of sp³-hybridized carbons (Fsp3) is 0.167. The largest absolute Gasteiger partial charge is 0.435 e. The minimum atomic E-state index is -2.83. The number of alkyl halides is 2. The molecule has 0 saturated carbocycles. The molecular weight excluding hydrogens is 214 g/mol. The summed E-state index contributed by atoms with van der Waals surface area (Å²) in [5.74, 6) is 0.100. The zero-order valence-corrected chi connectivity index (χ0v) is 8.36. The lowest BCUT2D eigenvalue weighted by Gasteiger charge is -2.08. The zero-order chi connectivity index (χ0) is 11.5. The standard InChI is InChI=1S/C12H10F2O2/c13-12(14)16-10-5-4-8-2-1-3-9(7-15)11(8)6-10/h1-6,12,15H,7H2. The van der Waals surface area contributed by atoms with E-state index in [9.17, 15) is 8.78 Å². The first-order chi connectivity index (χ1) is 7.70.